The van der Waals surface area contributed by atoms with Crippen LogP contribution in [0.5, 0.6) is 5.75 Å². The molecule has 25 heavy (non-hydrogen) atoms. The standard InChI is InChI=1S/C19H24N2O3.ClH/c1-13(7-8-14-5-3-2-4-6-14)21-12-18(23)15-9-10-17(22)16(11-15)19(20)24;/h2-6,9-11,13,18,21-23H,7-8,12H2,1H3,(H2,20,24);1H/t13-,18+;/m1./s1/i1D3;. The number of halogens is 1. The number of benzene rings is 2. The molecule has 2 aromatic carbocycles. The molecule has 0 aromatic heterocycles. The molecule has 2 atom stereocenters. The van der Waals surface area contributed by atoms with Crippen LogP contribution in [0.1, 0.15) is 45.0 Å². The van der Waals surface area contributed by atoms with Gasteiger partial charge in [0.2, 0.25) is 0 Å². The fourth-order valence-electron chi connectivity index (χ4n) is 2.39. The number of carbonyl (C=O) groups is 1. The molecule has 1 amide bonds. The fraction of sp³-hybridized carbons (Fsp3) is 0.316. The zero-order chi connectivity index (χ0) is 20.0. The number of hydrogen-bond acceptors (Lipinski definition) is 4. The number of hydrogen-bond donors (Lipinski definition) is 4. The van der Waals surface area contributed by atoms with Gasteiger partial charge in [-0.15, -0.1) is 12.4 Å². The van der Waals surface area contributed by atoms with Crippen molar-refractivity contribution in [2.45, 2.75) is 31.8 Å². The van der Waals surface area contributed by atoms with Crippen LogP contribution in [0.2, 0.25) is 0 Å². The van der Waals surface area contributed by atoms with E-state index in [1.54, 1.807) is 0 Å². The van der Waals surface area contributed by atoms with Crippen molar-refractivity contribution >= 4 is 18.3 Å². The molecule has 0 fully saturated rings. The molecule has 0 aliphatic carbocycles. The number of phenols is 1. The molecule has 0 heterocycles. The van der Waals surface area contributed by atoms with Gasteiger partial charge in [-0.25, -0.2) is 0 Å². The summed E-state index contributed by atoms with van der Waals surface area (Å²) in [5, 5.41) is 22.9. The number of aryl methyl sites for hydroxylation is 1. The van der Waals surface area contributed by atoms with Gasteiger partial charge in [0.05, 0.1) is 11.7 Å². The van der Waals surface area contributed by atoms with Crippen LogP contribution in [0.25, 0.3) is 0 Å². The predicted octanol–water partition coefficient (Wildman–Crippen LogP) is 2.56. The van der Waals surface area contributed by atoms with Crippen LogP contribution in [0, 0.1) is 0 Å². The van der Waals surface area contributed by atoms with Gasteiger partial charge in [-0.05, 0) is 43.0 Å². The smallest absolute Gasteiger partial charge is 0.252 e. The molecule has 6 heteroatoms. The Hall–Kier alpha value is -2.08. The zero-order valence-electron chi connectivity index (χ0n) is 16.7. The number of nitrogens with one attached hydrogen (secondary N) is 1. The van der Waals surface area contributed by atoms with Crippen LogP contribution in [0.15, 0.2) is 48.5 Å². The minimum Gasteiger partial charge on any atom is -0.507 e. The van der Waals surface area contributed by atoms with E-state index in [1.165, 1.54) is 18.2 Å². The van der Waals surface area contributed by atoms with Crippen LogP contribution < -0.4 is 11.1 Å². The molecule has 0 saturated heterocycles. The van der Waals surface area contributed by atoms with E-state index < -0.39 is 24.9 Å². The van der Waals surface area contributed by atoms with Gasteiger partial charge in [-0.2, -0.15) is 0 Å². The zero-order valence-corrected chi connectivity index (χ0v) is 14.5. The molecule has 0 saturated carbocycles. The Balaban J connectivity index is 0.00000392. The first-order valence-electron chi connectivity index (χ1n) is 9.26. The molecular formula is C19H25ClN2O3. The molecule has 0 aliphatic heterocycles. The minimum absolute atomic E-state index is 0. The van der Waals surface area contributed by atoms with E-state index in [9.17, 15) is 15.0 Å². The van der Waals surface area contributed by atoms with Gasteiger partial charge >= 0.3 is 0 Å². The molecule has 2 rings (SSSR count). The Kier molecular flexibility index (Phi) is 6.58. The van der Waals surface area contributed by atoms with Gasteiger partial charge in [0.1, 0.15) is 5.75 Å². The van der Waals surface area contributed by atoms with Crippen molar-refractivity contribution in [3.05, 3.63) is 65.2 Å². The maximum absolute atomic E-state index is 11.3. The van der Waals surface area contributed by atoms with Gasteiger partial charge in [-0.3, -0.25) is 4.79 Å². The van der Waals surface area contributed by atoms with E-state index >= 15 is 0 Å². The van der Waals surface area contributed by atoms with Crippen molar-refractivity contribution in [2.75, 3.05) is 6.54 Å². The lowest BCUT2D eigenvalue weighted by Crippen LogP contribution is -2.31. The highest BCUT2D eigenvalue weighted by molar-refractivity contribution is 5.95. The number of amides is 1. The van der Waals surface area contributed by atoms with E-state index in [0.717, 1.165) is 5.56 Å². The molecule has 0 aliphatic rings. The lowest BCUT2D eigenvalue weighted by atomic mass is 10.0. The van der Waals surface area contributed by atoms with Gasteiger partial charge in [0.15, 0.2) is 0 Å². The fourth-order valence-corrected chi connectivity index (χ4v) is 2.39. The highest BCUT2D eigenvalue weighted by Crippen LogP contribution is 2.22. The van der Waals surface area contributed by atoms with Gasteiger partial charge in [0.25, 0.3) is 5.91 Å². The SMILES string of the molecule is Cl.[2H]C([2H])([2H])[C@H](CCc1ccccc1)NC[C@H](O)c1ccc(O)c(C(N)=O)c1. The number of primary amides is 1. The summed E-state index contributed by atoms with van der Waals surface area (Å²) in [6.07, 6.45) is -0.0711. The first-order chi connectivity index (χ1) is 12.7. The molecule has 136 valence electrons. The van der Waals surface area contributed by atoms with Crippen molar-refractivity contribution in [3.8, 4) is 5.75 Å². The summed E-state index contributed by atoms with van der Waals surface area (Å²) >= 11 is 0. The number of carbonyl (C=O) groups excluding carboxylic acids is 1. The van der Waals surface area contributed by atoms with Crippen molar-refractivity contribution in [3.63, 3.8) is 0 Å². The van der Waals surface area contributed by atoms with Crippen molar-refractivity contribution < 1.29 is 19.1 Å². The van der Waals surface area contributed by atoms with E-state index in [1.807, 2.05) is 30.3 Å². The number of aliphatic hydroxyl groups is 1. The lowest BCUT2D eigenvalue weighted by Gasteiger charge is -2.18. The molecule has 0 bridgehead atoms. The van der Waals surface area contributed by atoms with Crippen LogP contribution in [-0.2, 0) is 6.42 Å². The summed E-state index contributed by atoms with van der Waals surface area (Å²) in [5.74, 6) is -1.08. The molecule has 0 unspecified atom stereocenters. The highest BCUT2D eigenvalue weighted by atomic mass is 35.5. The number of aliphatic hydroxyl groups excluding tert-OH is 1. The molecule has 5 nitrogen and oxygen atoms in total. The monoisotopic (exact) mass is 367 g/mol. The second kappa shape index (κ2) is 10.0. The average Bonchev–Trinajstić information content (AvgIpc) is 2.61. The maximum atomic E-state index is 11.3. The predicted molar refractivity (Wildman–Crippen MR) is 101 cm³/mol. The Morgan fingerprint density at radius 3 is 2.64 bits per heavy atom. The normalized spacial score (nSPS) is 15.2. The minimum atomic E-state index is -2.22. The van der Waals surface area contributed by atoms with E-state index in [4.69, 9.17) is 9.85 Å². The van der Waals surface area contributed by atoms with E-state index in [-0.39, 0.29) is 30.3 Å². The maximum Gasteiger partial charge on any atom is 0.252 e. The van der Waals surface area contributed by atoms with Crippen LogP contribution >= 0.6 is 12.4 Å². The molecular weight excluding hydrogens is 340 g/mol. The Labute approximate surface area is 158 Å². The van der Waals surface area contributed by atoms with Crippen molar-refractivity contribution in [1.82, 2.24) is 5.32 Å². The third kappa shape index (κ3) is 6.38. The number of nitrogens with two attached hydrogens (primary N) is 1. The van der Waals surface area contributed by atoms with Crippen LogP contribution in [0.4, 0.5) is 0 Å². The first kappa shape index (κ1) is 16.4. The van der Waals surface area contributed by atoms with Gasteiger partial charge in [-0.1, -0.05) is 36.4 Å². The first-order valence-corrected chi connectivity index (χ1v) is 7.76. The highest BCUT2D eigenvalue weighted by Gasteiger charge is 2.14. The quantitative estimate of drug-likeness (QED) is 0.576. The van der Waals surface area contributed by atoms with E-state index in [2.05, 4.69) is 5.32 Å². The van der Waals surface area contributed by atoms with Gasteiger partial charge < -0.3 is 21.3 Å². The molecule has 0 radical (unpaired) electrons. The van der Waals surface area contributed by atoms with Crippen LogP contribution in [0.3, 0.4) is 0 Å². The van der Waals surface area contributed by atoms with Crippen LogP contribution in [-0.4, -0.2) is 28.7 Å². The Bertz CT molecular complexity index is 773. The number of aromatic hydroxyl groups is 1. The Morgan fingerprint density at radius 2 is 2.00 bits per heavy atom. The summed E-state index contributed by atoms with van der Waals surface area (Å²) in [6.45, 7) is -2.23. The molecule has 2 aromatic rings. The molecule has 5 N–H and O–H groups in total. The second-order valence-electron chi connectivity index (χ2n) is 5.64. The average molecular weight is 368 g/mol. The number of rotatable bonds is 8. The summed E-state index contributed by atoms with van der Waals surface area (Å²) < 4.78 is 23.2. The summed E-state index contributed by atoms with van der Waals surface area (Å²) in [7, 11) is 0. The topological polar surface area (TPSA) is 95.6 Å². The van der Waals surface area contributed by atoms with E-state index in [0.29, 0.717) is 18.4 Å². The van der Waals surface area contributed by atoms with Gasteiger partial charge in [0, 0.05) is 16.7 Å². The molecule has 0 spiro atoms. The summed E-state index contributed by atoms with van der Waals surface area (Å²) in [5.41, 5.74) is 6.50. The Morgan fingerprint density at radius 1 is 1.28 bits per heavy atom. The third-order valence-electron chi connectivity index (χ3n) is 3.79. The second-order valence-corrected chi connectivity index (χ2v) is 5.64. The largest absolute Gasteiger partial charge is 0.507 e. The summed E-state index contributed by atoms with van der Waals surface area (Å²) in [4.78, 5) is 11.3. The van der Waals surface area contributed by atoms with Crippen molar-refractivity contribution in [2.24, 2.45) is 5.73 Å². The van der Waals surface area contributed by atoms with Crippen molar-refractivity contribution in [1.29, 1.82) is 0 Å². The lowest BCUT2D eigenvalue weighted by molar-refractivity contribution is 0.0997. The third-order valence-corrected chi connectivity index (χ3v) is 3.79. The summed E-state index contributed by atoms with van der Waals surface area (Å²) in [6, 6.07) is 12.8.